The highest BCUT2D eigenvalue weighted by atomic mass is 16.6. The lowest BCUT2D eigenvalue weighted by Crippen LogP contribution is -2.10. The van der Waals surface area contributed by atoms with Gasteiger partial charge >= 0.3 is 5.69 Å². The van der Waals surface area contributed by atoms with Crippen molar-refractivity contribution < 1.29 is 4.92 Å². The third kappa shape index (κ3) is 2.25. The molecule has 1 aromatic heterocycles. The molecule has 102 valence electrons. The van der Waals surface area contributed by atoms with E-state index in [1.165, 1.54) is 23.5 Å². The van der Waals surface area contributed by atoms with Crippen molar-refractivity contribution in [3.05, 3.63) is 51.8 Å². The monoisotopic (exact) mass is 271 g/mol. The minimum atomic E-state index is -0.516. The summed E-state index contributed by atoms with van der Waals surface area (Å²) in [6.45, 7) is 0. The van der Waals surface area contributed by atoms with Gasteiger partial charge in [0.1, 0.15) is 12.4 Å². The average molecular weight is 271 g/mol. The fourth-order valence-electron chi connectivity index (χ4n) is 2.43. The van der Waals surface area contributed by atoms with Crippen molar-refractivity contribution in [1.82, 2.24) is 9.97 Å². The van der Waals surface area contributed by atoms with Crippen LogP contribution in [0.1, 0.15) is 23.6 Å². The highest BCUT2D eigenvalue weighted by Crippen LogP contribution is 2.34. The SMILES string of the molecule is Nc1ccc2c(c1)CCC2Nc1ncc([N+](=O)[O-])cn1. The molecule has 1 aliphatic carbocycles. The Morgan fingerprint density at radius 3 is 2.80 bits per heavy atom. The molecule has 20 heavy (non-hydrogen) atoms. The van der Waals surface area contributed by atoms with E-state index in [0.717, 1.165) is 18.5 Å². The minimum absolute atomic E-state index is 0.116. The van der Waals surface area contributed by atoms with Gasteiger partial charge in [0.15, 0.2) is 0 Å². The number of nitrogens with two attached hydrogens (primary N) is 1. The van der Waals surface area contributed by atoms with Gasteiger partial charge in [-0.2, -0.15) is 0 Å². The van der Waals surface area contributed by atoms with Crippen molar-refractivity contribution >= 4 is 17.3 Å². The van der Waals surface area contributed by atoms with Crippen molar-refractivity contribution in [2.24, 2.45) is 0 Å². The molecule has 0 saturated carbocycles. The molecule has 0 bridgehead atoms. The smallest absolute Gasteiger partial charge is 0.305 e. The van der Waals surface area contributed by atoms with Gasteiger partial charge < -0.3 is 11.1 Å². The van der Waals surface area contributed by atoms with Crippen molar-refractivity contribution in [2.75, 3.05) is 11.1 Å². The molecular formula is C13H13N5O2. The molecule has 1 unspecified atom stereocenters. The first-order valence-corrected chi connectivity index (χ1v) is 6.25. The van der Waals surface area contributed by atoms with Gasteiger partial charge in [0.05, 0.1) is 11.0 Å². The fraction of sp³-hybridized carbons (Fsp3) is 0.231. The fourth-order valence-corrected chi connectivity index (χ4v) is 2.43. The van der Waals surface area contributed by atoms with Gasteiger partial charge in [-0.25, -0.2) is 9.97 Å². The van der Waals surface area contributed by atoms with Crippen LogP contribution < -0.4 is 11.1 Å². The maximum atomic E-state index is 10.5. The topological polar surface area (TPSA) is 107 Å². The van der Waals surface area contributed by atoms with E-state index in [-0.39, 0.29) is 11.7 Å². The van der Waals surface area contributed by atoms with Crippen LogP contribution in [0.25, 0.3) is 0 Å². The molecule has 0 spiro atoms. The summed E-state index contributed by atoms with van der Waals surface area (Å²) in [5, 5.41) is 13.7. The first-order chi connectivity index (χ1) is 9.63. The predicted octanol–water partition coefficient (Wildman–Crippen LogP) is 2.07. The Kier molecular flexibility index (Phi) is 2.94. The second-order valence-corrected chi connectivity index (χ2v) is 4.72. The molecule has 0 amide bonds. The molecule has 1 aliphatic rings. The third-order valence-electron chi connectivity index (χ3n) is 3.40. The summed E-state index contributed by atoms with van der Waals surface area (Å²) in [5.74, 6) is 0.394. The second-order valence-electron chi connectivity index (χ2n) is 4.72. The van der Waals surface area contributed by atoms with E-state index in [1.807, 2.05) is 18.2 Å². The number of nitrogens with zero attached hydrogens (tertiary/aromatic N) is 3. The van der Waals surface area contributed by atoms with E-state index >= 15 is 0 Å². The Balaban J connectivity index is 1.78. The summed E-state index contributed by atoms with van der Waals surface area (Å²) in [7, 11) is 0. The molecule has 1 aromatic carbocycles. The highest BCUT2D eigenvalue weighted by molar-refractivity contribution is 5.49. The minimum Gasteiger partial charge on any atom is -0.399 e. The zero-order chi connectivity index (χ0) is 14.1. The molecule has 3 N–H and O–H groups in total. The summed E-state index contributed by atoms with van der Waals surface area (Å²) in [6, 6.07) is 5.97. The summed E-state index contributed by atoms with van der Waals surface area (Å²) in [4.78, 5) is 18.0. The molecule has 0 aliphatic heterocycles. The van der Waals surface area contributed by atoms with E-state index in [2.05, 4.69) is 15.3 Å². The van der Waals surface area contributed by atoms with Crippen molar-refractivity contribution in [1.29, 1.82) is 0 Å². The number of hydrogen-bond acceptors (Lipinski definition) is 6. The number of nitro groups is 1. The maximum Gasteiger partial charge on any atom is 0.305 e. The average Bonchev–Trinajstić information content (AvgIpc) is 2.81. The Morgan fingerprint density at radius 2 is 2.10 bits per heavy atom. The summed E-state index contributed by atoms with van der Waals surface area (Å²) in [5.41, 5.74) is 8.82. The molecule has 0 radical (unpaired) electrons. The van der Waals surface area contributed by atoms with Gasteiger partial charge in [-0.15, -0.1) is 0 Å². The number of rotatable bonds is 3. The van der Waals surface area contributed by atoms with Crippen molar-refractivity contribution in [3.8, 4) is 0 Å². The van der Waals surface area contributed by atoms with Gasteiger partial charge in [0.25, 0.3) is 0 Å². The first kappa shape index (κ1) is 12.3. The molecular weight excluding hydrogens is 258 g/mol. The second kappa shape index (κ2) is 4.76. The Morgan fingerprint density at radius 1 is 1.35 bits per heavy atom. The van der Waals surface area contributed by atoms with Crippen LogP contribution in [0.5, 0.6) is 0 Å². The quantitative estimate of drug-likeness (QED) is 0.502. The van der Waals surface area contributed by atoms with E-state index in [9.17, 15) is 10.1 Å². The zero-order valence-corrected chi connectivity index (χ0v) is 10.6. The number of fused-ring (bicyclic) bond motifs is 1. The van der Waals surface area contributed by atoms with Crippen molar-refractivity contribution in [2.45, 2.75) is 18.9 Å². The van der Waals surface area contributed by atoms with E-state index < -0.39 is 4.92 Å². The Bertz CT molecular complexity index is 656. The van der Waals surface area contributed by atoms with Gasteiger partial charge in [-0.3, -0.25) is 10.1 Å². The van der Waals surface area contributed by atoms with Crippen LogP contribution in [0.4, 0.5) is 17.3 Å². The number of nitrogen functional groups attached to an aromatic ring is 1. The molecule has 3 rings (SSSR count). The molecule has 0 fully saturated rings. The maximum absolute atomic E-state index is 10.5. The molecule has 0 saturated heterocycles. The van der Waals surface area contributed by atoms with Crippen LogP contribution in [0.3, 0.4) is 0 Å². The molecule has 7 nitrogen and oxygen atoms in total. The Hall–Kier alpha value is -2.70. The van der Waals surface area contributed by atoms with E-state index in [0.29, 0.717) is 5.95 Å². The Labute approximate surface area is 115 Å². The normalized spacial score (nSPS) is 16.7. The van der Waals surface area contributed by atoms with Crippen LogP contribution in [-0.4, -0.2) is 14.9 Å². The van der Waals surface area contributed by atoms with Crippen LogP contribution in [0, 0.1) is 10.1 Å². The summed E-state index contributed by atoms with van der Waals surface area (Å²) in [6.07, 6.45) is 4.28. The zero-order valence-electron chi connectivity index (χ0n) is 10.6. The number of aromatic nitrogens is 2. The van der Waals surface area contributed by atoms with Crippen LogP contribution in [0.2, 0.25) is 0 Å². The lowest BCUT2D eigenvalue weighted by atomic mass is 10.1. The van der Waals surface area contributed by atoms with Crippen LogP contribution in [0.15, 0.2) is 30.6 Å². The predicted molar refractivity (Wildman–Crippen MR) is 74.2 cm³/mol. The molecule has 2 aromatic rings. The van der Waals surface area contributed by atoms with E-state index in [4.69, 9.17) is 5.73 Å². The number of benzene rings is 1. The number of hydrogen-bond donors (Lipinski definition) is 2. The van der Waals surface area contributed by atoms with Gasteiger partial charge in [0, 0.05) is 5.69 Å². The largest absolute Gasteiger partial charge is 0.399 e. The summed E-state index contributed by atoms with van der Waals surface area (Å²) < 4.78 is 0. The number of aryl methyl sites for hydroxylation is 1. The number of anilines is 2. The van der Waals surface area contributed by atoms with Gasteiger partial charge in [-0.05, 0) is 36.1 Å². The van der Waals surface area contributed by atoms with E-state index in [1.54, 1.807) is 0 Å². The summed E-state index contributed by atoms with van der Waals surface area (Å²) >= 11 is 0. The lowest BCUT2D eigenvalue weighted by molar-refractivity contribution is -0.385. The lowest BCUT2D eigenvalue weighted by Gasteiger charge is -2.13. The first-order valence-electron chi connectivity index (χ1n) is 6.25. The highest BCUT2D eigenvalue weighted by Gasteiger charge is 2.23. The van der Waals surface area contributed by atoms with Gasteiger partial charge in [-0.1, -0.05) is 6.07 Å². The standard InChI is InChI=1S/C13H13N5O2/c14-9-2-3-11-8(5-9)1-4-12(11)17-13-15-6-10(7-16-13)18(19)20/h2-3,5-7,12H,1,4,14H2,(H,15,16,17). The van der Waals surface area contributed by atoms with Crippen molar-refractivity contribution in [3.63, 3.8) is 0 Å². The molecule has 1 heterocycles. The molecule has 7 heteroatoms. The number of nitrogens with one attached hydrogen (secondary N) is 1. The van der Waals surface area contributed by atoms with Gasteiger partial charge in [0.2, 0.25) is 5.95 Å². The molecule has 1 atom stereocenters. The third-order valence-corrected chi connectivity index (χ3v) is 3.40. The van der Waals surface area contributed by atoms with Crippen LogP contribution in [-0.2, 0) is 6.42 Å². The van der Waals surface area contributed by atoms with Crippen LogP contribution >= 0.6 is 0 Å².